The second-order valence-electron chi connectivity index (χ2n) is 5.53. The maximum absolute atomic E-state index is 13.0. The maximum Gasteiger partial charge on any atom is 0.198 e. The third-order valence-electron chi connectivity index (χ3n) is 4.00. The van der Waals surface area contributed by atoms with E-state index in [1.165, 1.54) is 0 Å². The minimum absolute atomic E-state index is 0.0129. The molecule has 1 aliphatic rings. The fraction of sp³-hybridized carbons (Fsp3) is 0.300. The number of fused-ring (bicyclic) bond motifs is 2. The summed E-state index contributed by atoms with van der Waals surface area (Å²) in [4.78, 5) is 25.8. The highest BCUT2D eigenvalue weighted by molar-refractivity contribution is 6.29. The number of carbonyl (C=O) groups excluding carboxylic acids is 2. The molecule has 6 heteroatoms. The number of hydrogen-bond acceptors (Lipinski definition) is 6. The molecule has 3 rings (SSSR count). The number of ether oxygens (including phenoxy) is 4. The lowest BCUT2D eigenvalue weighted by Gasteiger charge is -2.22. The van der Waals surface area contributed by atoms with E-state index in [1.807, 2.05) is 13.8 Å². The molecule has 0 saturated heterocycles. The Morgan fingerprint density at radius 1 is 0.731 bits per heavy atom. The second-order valence-corrected chi connectivity index (χ2v) is 5.53. The topological polar surface area (TPSA) is 71.1 Å². The van der Waals surface area contributed by atoms with Crippen molar-refractivity contribution >= 4 is 11.6 Å². The molecule has 0 spiro atoms. The van der Waals surface area contributed by atoms with Crippen molar-refractivity contribution in [1.82, 2.24) is 0 Å². The van der Waals surface area contributed by atoms with Crippen LogP contribution in [-0.4, -0.2) is 38.4 Å². The van der Waals surface area contributed by atoms with Crippen LogP contribution in [0, 0.1) is 0 Å². The Kier molecular flexibility index (Phi) is 5.65. The molecule has 6 nitrogen and oxygen atoms in total. The van der Waals surface area contributed by atoms with Crippen LogP contribution in [0.15, 0.2) is 36.4 Å². The highest BCUT2D eigenvalue weighted by Crippen LogP contribution is 2.39. The van der Waals surface area contributed by atoms with Crippen LogP contribution in [0.25, 0.3) is 0 Å². The molecule has 0 fully saturated rings. The summed E-state index contributed by atoms with van der Waals surface area (Å²) in [5.41, 5.74) is 1.24. The Labute approximate surface area is 151 Å². The smallest absolute Gasteiger partial charge is 0.198 e. The summed E-state index contributed by atoms with van der Waals surface area (Å²) in [5.74, 6) is 0.0392. The van der Waals surface area contributed by atoms with E-state index in [9.17, 15) is 9.59 Å². The fourth-order valence-corrected chi connectivity index (χ4v) is 2.77. The van der Waals surface area contributed by atoms with Crippen LogP contribution in [-0.2, 0) is 9.47 Å². The van der Waals surface area contributed by atoms with Crippen LogP contribution in [0.5, 0.6) is 11.5 Å². The second kappa shape index (κ2) is 8.12. The Bertz CT molecular complexity index is 827. The molecule has 0 saturated carbocycles. The monoisotopic (exact) mass is 356 g/mol. The van der Waals surface area contributed by atoms with Crippen molar-refractivity contribution in [1.29, 1.82) is 0 Å². The van der Waals surface area contributed by atoms with Crippen LogP contribution in [0.1, 0.15) is 45.7 Å². The predicted octanol–water partition coefficient (Wildman–Crippen LogP) is 3.21. The van der Waals surface area contributed by atoms with E-state index >= 15 is 0 Å². The predicted molar refractivity (Wildman–Crippen MR) is 94.0 cm³/mol. The van der Waals surface area contributed by atoms with Gasteiger partial charge in [0.2, 0.25) is 0 Å². The van der Waals surface area contributed by atoms with Crippen molar-refractivity contribution in [3.05, 3.63) is 58.7 Å². The van der Waals surface area contributed by atoms with Gasteiger partial charge in [-0.1, -0.05) is 24.3 Å². The van der Waals surface area contributed by atoms with Gasteiger partial charge in [-0.3, -0.25) is 9.59 Å². The molecule has 0 bridgehead atoms. The Hall–Kier alpha value is -2.70. The minimum atomic E-state index is -0.274. The largest absolute Gasteiger partial charge is 0.464 e. The van der Waals surface area contributed by atoms with Gasteiger partial charge in [0.15, 0.2) is 36.7 Å². The van der Waals surface area contributed by atoms with Crippen molar-refractivity contribution in [2.45, 2.75) is 13.8 Å². The molecule has 0 N–H and O–H groups in total. The average Bonchev–Trinajstić information content (AvgIpc) is 2.67. The first kappa shape index (κ1) is 18.1. The van der Waals surface area contributed by atoms with Crippen molar-refractivity contribution in [3.63, 3.8) is 0 Å². The van der Waals surface area contributed by atoms with E-state index < -0.39 is 0 Å². The maximum atomic E-state index is 13.0. The first-order valence-electron chi connectivity index (χ1n) is 8.45. The molecule has 2 aromatic carbocycles. The molecule has 0 radical (unpaired) electrons. The van der Waals surface area contributed by atoms with Gasteiger partial charge in [0, 0.05) is 29.9 Å². The zero-order chi connectivity index (χ0) is 18.5. The van der Waals surface area contributed by atoms with Crippen LogP contribution in [0.4, 0.5) is 0 Å². The number of benzene rings is 2. The van der Waals surface area contributed by atoms with Crippen molar-refractivity contribution < 1.29 is 28.5 Å². The van der Waals surface area contributed by atoms with Gasteiger partial charge >= 0.3 is 0 Å². The molecule has 0 aromatic heterocycles. The standard InChI is InChI=1S/C20H20O6/c1-3-23-11-25-16-10-9-15-17(20(16)26-12-24-4-2)19(22)14-8-6-5-7-13(14)18(15)21/h5-10H,3-4,11-12H2,1-2H3. The fourth-order valence-electron chi connectivity index (χ4n) is 2.77. The number of rotatable bonds is 8. The summed E-state index contributed by atoms with van der Waals surface area (Å²) in [6.07, 6.45) is 0. The number of carbonyl (C=O) groups is 2. The third-order valence-corrected chi connectivity index (χ3v) is 4.00. The van der Waals surface area contributed by atoms with Gasteiger partial charge < -0.3 is 18.9 Å². The van der Waals surface area contributed by atoms with E-state index in [0.717, 1.165) is 0 Å². The van der Waals surface area contributed by atoms with Crippen LogP contribution < -0.4 is 9.47 Å². The lowest BCUT2D eigenvalue weighted by molar-refractivity contribution is 0.00566. The Morgan fingerprint density at radius 3 is 2.00 bits per heavy atom. The van der Waals surface area contributed by atoms with Crippen molar-refractivity contribution in [3.8, 4) is 11.5 Å². The van der Waals surface area contributed by atoms with Crippen molar-refractivity contribution in [2.75, 3.05) is 26.8 Å². The molecule has 2 aromatic rings. The quantitative estimate of drug-likeness (QED) is 0.456. The van der Waals surface area contributed by atoms with Crippen molar-refractivity contribution in [2.24, 2.45) is 0 Å². The summed E-state index contributed by atoms with van der Waals surface area (Å²) >= 11 is 0. The van der Waals surface area contributed by atoms with Gasteiger partial charge in [-0.15, -0.1) is 0 Å². The molecule has 1 aliphatic carbocycles. The van der Waals surface area contributed by atoms with Crippen LogP contribution in [0.2, 0.25) is 0 Å². The van der Waals surface area contributed by atoms with E-state index in [0.29, 0.717) is 35.7 Å². The van der Waals surface area contributed by atoms with Crippen LogP contribution >= 0.6 is 0 Å². The molecule has 0 amide bonds. The molecule has 26 heavy (non-hydrogen) atoms. The van der Waals surface area contributed by atoms with Gasteiger partial charge in [-0.25, -0.2) is 0 Å². The molecule has 136 valence electrons. The zero-order valence-electron chi connectivity index (χ0n) is 14.7. The molecule has 0 heterocycles. The highest BCUT2D eigenvalue weighted by Gasteiger charge is 2.34. The number of hydrogen-bond donors (Lipinski definition) is 0. The zero-order valence-corrected chi connectivity index (χ0v) is 14.7. The summed E-state index contributed by atoms with van der Waals surface area (Å²) in [6.45, 7) is 4.59. The van der Waals surface area contributed by atoms with E-state index in [-0.39, 0.29) is 36.5 Å². The molecule has 0 unspecified atom stereocenters. The summed E-state index contributed by atoms with van der Waals surface area (Å²) in [7, 11) is 0. The highest BCUT2D eigenvalue weighted by atomic mass is 16.7. The SMILES string of the molecule is CCOCOc1ccc2c(c1OCOCC)C(=O)c1ccccc1C2=O. The van der Waals surface area contributed by atoms with Gasteiger partial charge in [0.25, 0.3) is 0 Å². The van der Waals surface area contributed by atoms with E-state index in [2.05, 4.69) is 0 Å². The summed E-state index contributed by atoms with van der Waals surface area (Å²) in [5, 5.41) is 0. The lowest BCUT2D eigenvalue weighted by Crippen LogP contribution is -2.22. The summed E-state index contributed by atoms with van der Waals surface area (Å²) < 4.78 is 21.7. The van der Waals surface area contributed by atoms with Gasteiger partial charge in [-0.05, 0) is 26.0 Å². The lowest BCUT2D eigenvalue weighted by atomic mass is 9.83. The third kappa shape index (κ3) is 3.34. The van der Waals surface area contributed by atoms with Gasteiger partial charge in [0.1, 0.15) is 0 Å². The normalized spacial score (nSPS) is 12.5. The van der Waals surface area contributed by atoms with Gasteiger partial charge in [-0.2, -0.15) is 0 Å². The van der Waals surface area contributed by atoms with E-state index in [4.69, 9.17) is 18.9 Å². The minimum Gasteiger partial charge on any atom is -0.464 e. The Morgan fingerprint density at radius 2 is 1.35 bits per heavy atom. The molecule has 0 atom stereocenters. The molecular formula is C20H20O6. The average molecular weight is 356 g/mol. The first-order chi connectivity index (χ1) is 12.7. The van der Waals surface area contributed by atoms with Gasteiger partial charge in [0.05, 0.1) is 5.56 Å². The molecular weight excluding hydrogens is 336 g/mol. The molecule has 0 aliphatic heterocycles. The Balaban J connectivity index is 2.06. The van der Waals surface area contributed by atoms with Crippen LogP contribution in [0.3, 0.4) is 0 Å². The number of ketones is 2. The summed E-state index contributed by atoms with van der Waals surface area (Å²) in [6, 6.07) is 9.95. The van der Waals surface area contributed by atoms with E-state index in [1.54, 1.807) is 36.4 Å². The first-order valence-corrected chi connectivity index (χ1v) is 8.45.